The van der Waals surface area contributed by atoms with Gasteiger partial charge in [-0.2, -0.15) is 13.2 Å². The number of halogens is 4. The number of hydrogen-bond acceptors (Lipinski definition) is 2. The van der Waals surface area contributed by atoms with Crippen LogP contribution >= 0.6 is 15.9 Å². The Hall–Kier alpha value is -0.750. The van der Waals surface area contributed by atoms with E-state index in [1.54, 1.807) is 12.1 Å². The second-order valence-corrected chi connectivity index (χ2v) is 4.90. The van der Waals surface area contributed by atoms with Gasteiger partial charge in [-0.15, -0.1) is 0 Å². The lowest BCUT2D eigenvalue weighted by molar-refractivity contribution is -0.139. The van der Waals surface area contributed by atoms with E-state index in [1.165, 1.54) is 6.92 Å². The minimum atomic E-state index is -4.13. The van der Waals surface area contributed by atoms with Gasteiger partial charge in [0, 0.05) is 17.1 Å². The lowest BCUT2D eigenvalue weighted by Crippen LogP contribution is -2.33. The van der Waals surface area contributed by atoms with Crippen LogP contribution < -0.4 is 10.1 Å². The van der Waals surface area contributed by atoms with E-state index in [-0.39, 0.29) is 0 Å². The van der Waals surface area contributed by atoms with E-state index in [9.17, 15) is 13.2 Å². The summed E-state index contributed by atoms with van der Waals surface area (Å²) in [5.41, 5.74) is 0. The Labute approximate surface area is 113 Å². The van der Waals surface area contributed by atoms with Crippen LogP contribution in [-0.2, 0) is 0 Å². The number of rotatable bonds is 6. The van der Waals surface area contributed by atoms with Crippen molar-refractivity contribution in [1.82, 2.24) is 5.32 Å². The third-order valence-electron chi connectivity index (χ3n) is 2.20. The summed E-state index contributed by atoms with van der Waals surface area (Å²) in [7, 11) is 0. The van der Waals surface area contributed by atoms with Crippen LogP contribution in [0.15, 0.2) is 28.7 Å². The van der Waals surface area contributed by atoms with Crippen LogP contribution in [0.3, 0.4) is 0 Å². The Balaban J connectivity index is 2.19. The van der Waals surface area contributed by atoms with E-state index in [0.717, 1.165) is 4.47 Å². The van der Waals surface area contributed by atoms with Crippen LogP contribution in [0.1, 0.15) is 13.3 Å². The first kappa shape index (κ1) is 15.3. The van der Waals surface area contributed by atoms with Crippen LogP contribution in [0.25, 0.3) is 0 Å². The molecule has 1 N–H and O–H groups in total. The molecule has 0 aliphatic rings. The fourth-order valence-corrected chi connectivity index (χ4v) is 1.83. The van der Waals surface area contributed by atoms with Crippen molar-refractivity contribution in [3.8, 4) is 5.75 Å². The van der Waals surface area contributed by atoms with E-state index < -0.39 is 18.6 Å². The topological polar surface area (TPSA) is 21.3 Å². The molecular weight excluding hydrogens is 311 g/mol. The molecule has 1 aromatic rings. The van der Waals surface area contributed by atoms with E-state index in [2.05, 4.69) is 21.2 Å². The molecule has 0 bridgehead atoms. The van der Waals surface area contributed by atoms with Crippen molar-refractivity contribution >= 4 is 15.9 Å². The molecule has 1 aromatic carbocycles. The van der Waals surface area contributed by atoms with Crippen LogP contribution in [0.5, 0.6) is 5.75 Å². The average molecular weight is 326 g/mol. The zero-order valence-corrected chi connectivity index (χ0v) is 11.5. The molecule has 0 saturated carbocycles. The SMILES string of the molecule is CC(CC(F)(F)F)NCCOc1cccc(Br)c1. The summed E-state index contributed by atoms with van der Waals surface area (Å²) >= 11 is 3.31. The van der Waals surface area contributed by atoms with Crippen molar-refractivity contribution in [3.63, 3.8) is 0 Å². The molecule has 2 nitrogen and oxygen atoms in total. The minimum absolute atomic E-state index is 0.332. The molecule has 0 fully saturated rings. The second kappa shape index (κ2) is 6.99. The Kier molecular flexibility index (Phi) is 5.95. The van der Waals surface area contributed by atoms with Gasteiger partial charge in [-0.25, -0.2) is 0 Å². The average Bonchev–Trinajstić information content (AvgIpc) is 2.22. The molecule has 1 unspecified atom stereocenters. The quantitative estimate of drug-likeness (QED) is 0.804. The maximum atomic E-state index is 12.0. The second-order valence-electron chi connectivity index (χ2n) is 3.98. The summed E-state index contributed by atoms with van der Waals surface area (Å²) < 4.78 is 42.4. The summed E-state index contributed by atoms with van der Waals surface area (Å²) in [6.45, 7) is 2.22. The van der Waals surface area contributed by atoms with Crippen LogP contribution in [0.4, 0.5) is 13.2 Å². The van der Waals surface area contributed by atoms with Gasteiger partial charge in [0.05, 0.1) is 6.42 Å². The van der Waals surface area contributed by atoms with E-state index in [1.807, 2.05) is 12.1 Å². The number of hydrogen-bond donors (Lipinski definition) is 1. The van der Waals surface area contributed by atoms with Gasteiger partial charge in [0.25, 0.3) is 0 Å². The van der Waals surface area contributed by atoms with Crippen LogP contribution in [0, 0.1) is 0 Å². The van der Waals surface area contributed by atoms with E-state index in [4.69, 9.17) is 4.74 Å². The van der Waals surface area contributed by atoms with Crippen molar-refractivity contribution in [3.05, 3.63) is 28.7 Å². The minimum Gasteiger partial charge on any atom is -0.492 e. The molecule has 6 heteroatoms. The molecule has 0 radical (unpaired) electrons. The molecule has 0 aliphatic heterocycles. The van der Waals surface area contributed by atoms with Crippen molar-refractivity contribution in [2.24, 2.45) is 0 Å². The number of ether oxygens (including phenoxy) is 1. The van der Waals surface area contributed by atoms with Crippen LogP contribution in [0.2, 0.25) is 0 Å². The Morgan fingerprint density at radius 1 is 1.39 bits per heavy atom. The highest BCUT2D eigenvalue weighted by Crippen LogP contribution is 2.21. The van der Waals surface area contributed by atoms with Crippen molar-refractivity contribution in [1.29, 1.82) is 0 Å². The van der Waals surface area contributed by atoms with Gasteiger partial charge in [-0.1, -0.05) is 22.0 Å². The molecule has 0 heterocycles. The molecule has 102 valence electrons. The van der Waals surface area contributed by atoms with Gasteiger partial charge in [-0.05, 0) is 25.1 Å². The zero-order valence-electron chi connectivity index (χ0n) is 9.93. The number of benzene rings is 1. The third-order valence-corrected chi connectivity index (χ3v) is 2.69. The monoisotopic (exact) mass is 325 g/mol. The Morgan fingerprint density at radius 3 is 2.72 bits per heavy atom. The predicted octanol–water partition coefficient (Wildman–Crippen LogP) is 3.76. The highest BCUT2D eigenvalue weighted by Gasteiger charge is 2.29. The predicted molar refractivity (Wildman–Crippen MR) is 67.8 cm³/mol. The summed E-state index contributed by atoms with van der Waals surface area (Å²) in [5, 5.41) is 2.77. The van der Waals surface area contributed by atoms with Gasteiger partial charge in [-0.3, -0.25) is 0 Å². The van der Waals surface area contributed by atoms with Crippen molar-refractivity contribution in [2.45, 2.75) is 25.6 Å². The molecule has 0 spiro atoms. The van der Waals surface area contributed by atoms with Crippen molar-refractivity contribution in [2.75, 3.05) is 13.2 Å². The third kappa shape index (κ3) is 6.86. The molecule has 1 atom stereocenters. The first-order valence-electron chi connectivity index (χ1n) is 5.55. The summed E-state index contributed by atoms with van der Waals surface area (Å²) in [6, 6.07) is 6.70. The van der Waals surface area contributed by atoms with E-state index >= 15 is 0 Å². The smallest absolute Gasteiger partial charge is 0.390 e. The van der Waals surface area contributed by atoms with Gasteiger partial charge < -0.3 is 10.1 Å². The lowest BCUT2D eigenvalue weighted by Gasteiger charge is -2.16. The maximum absolute atomic E-state index is 12.0. The lowest BCUT2D eigenvalue weighted by atomic mass is 10.2. The van der Waals surface area contributed by atoms with Crippen molar-refractivity contribution < 1.29 is 17.9 Å². The van der Waals surface area contributed by atoms with Gasteiger partial charge >= 0.3 is 6.18 Å². The zero-order chi connectivity index (χ0) is 13.6. The van der Waals surface area contributed by atoms with E-state index in [0.29, 0.717) is 18.9 Å². The highest BCUT2D eigenvalue weighted by molar-refractivity contribution is 9.10. The number of nitrogens with one attached hydrogen (secondary N) is 1. The molecule has 1 rings (SSSR count). The molecular formula is C12H15BrF3NO. The fourth-order valence-electron chi connectivity index (χ4n) is 1.45. The Morgan fingerprint density at radius 2 is 2.11 bits per heavy atom. The summed E-state index contributed by atoms with van der Waals surface area (Å²) in [4.78, 5) is 0. The first-order chi connectivity index (χ1) is 8.37. The standard InChI is InChI=1S/C12H15BrF3NO/c1-9(8-12(14,15)16)17-5-6-18-11-4-2-3-10(13)7-11/h2-4,7,9,17H,5-6,8H2,1H3. The normalized spacial score (nSPS) is 13.4. The summed E-state index contributed by atoms with van der Waals surface area (Å²) in [6.07, 6.45) is -4.96. The largest absolute Gasteiger partial charge is 0.492 e. The van der Waals surface area contributed by atoms with Gasteiger partial charge in [0.2, 0.25) is 0 Å². The summed E-state index contributed by atoms with van der Waals surface area (Å²) in [5.74, 6) is 0.689. The molecule has 0 aliphatic carbocycles. The molecule has 0 amide bonds. The number of alkyl halides is 3. The first-order valence-corrected chi connectivity index (χ1v) is 6.34. The molecule has 0 aromatic heterocycles. The van der Waals surface area contributed by atoms with Gasteiger partial charge in [0.15, 0.2) is 0 Å². The Bertz CT molecular complexity index is 371. The van der Waals surface area contributed by atoms with Gasteiger partial charge in [0.1, 0.15) is 12.4 Å². The maximum Gasteiger partial charge on any atom is 0.390 e. The highest BCUT2D eigenvalue weighted by atomic mass is 79.9. The van der Waals surface area contributed by atoms with Crippen LogP contribution in [-0.4, -0.2) is 25.4 Å². The molecule has 0 saturated heterocycles. The molecule has 18 heavy (non-hydrogen) atoms. The fraction of sp³-hybridized carbons (Fsp3) is 0.500.